The summed E-state index contributed by atoms with van der Waals surface area (Å²) in [5.41, 5.74) is 1.01. The lowest BCUT2D eigenvalue weighted by atomic mass is 10.1. The maximum absolute atomic E-state index is 9.09. The SMILES string of the molecule is CC(C)(C)OCCOc1cc(C#N)c(Cl)c2cc[nH]c12. The minimum absolute atomic E-state index is 0.192. The normalized spacial score (nSPS) is 11.6. The van der Waals surface area contributed by atoms with Crippen molar-refractivity contribution < 1.29 is 9.47 Å². The van der Waals surface area contributed by atoms with Gasteiger partial charge in [0.15, 0.2) is 0 Å². The minimum Gasteiger partial charge on any atom is -0.489 e. The van der Waals surface area contributed by atoms with Gasteiger partial charge in [-0.15, -0.1) is 0 Å². The van der Waals surface area contributed by atoms with Crippen LogP contribution in [-0.4, -0.2) is 23.8 Å². The van der Waals surface area contributed by atoms with Crippen molar-refractivity contribution in [2.45, 2.75) is 26.4 Å². The highest BCUT2D eigenvalue weighted by Crippen LogP contribution is 2.33. The number of nitrogens with one attached hydrogen (secondary N) is 1. The van der Waals surface area contributed by atoms with Crippen molar-refractivity contribution in [3.63, 3.8) is 0 Å². The number of nitrogens with zero attached hydrogens (tertiary/aromatic N) is 1. The van der Waals surface area contributed by atoms with E-state index in [0.717, 1.165) is 10.9 Å². The first kappa shape index (κ1) is 14.7. The fourth-order valence-electron chi connectivity index (χ4n) is 1.86. The maximum atomic E-state index is 9.09. The van der Waals surface area contributed by atoms with Crippen LogP contribution < -0.4 is 4.74 Å². The summed E-state index contributed by atoms with van der Waals surface area (Å²) in [5, 5.41) is 10.3. The van der Waals surface area contributed by atoms with E-state index in [-0.39, 0.29) is 5.60 Å². The fraction of sp³-hybridized carbons (Fsp3) is 0.400. The molecule has 1 N–H and O–H groups in total. The fourth-order valence-corrected chi connectivity index (χ4v) is 2.12. The van der Waals surface area contributed by atoms with Crippen molar-refractivity contribution in [1.82, 2.24) is 4.98 Å². The zero-order valence-electron chi connectivity index (χ0n) is 11.8. The van der Waals surface area contributed by atoms with Crippen LogP contribution in [0.5, 0.6) is 5.75 Å². The molecule has 0 amide bonds. The predicted molar refractivity (Wildman–Crippen MR) is 79.2 cm³/mol. The maximum Gasteiger partial charge on any atom is 0.144 e. The summed E-state index contributed by atoms with van der Waals surface area (Å²) in [6.07, 6.45) is 1.77. The van der Waals surface area contributed by atoms with Gasteiger partial charge in [-0.2, -0.15) is 5.26 Å². The second kappa shape index (κ2) is 5.74. The number of ether oxygens (including phenoxy) is 2. The van der Waals surface area contributed by atoms with E-state index in [4.69, 9.17) is 26.3 Å². The summed E-state index contributed by atoms with van der Waals surface area (Å²) in [5.74, 6) is 0.614. The number of rotatable bonds is 4. The lowest BCUT2D eigenvalue weighted by molar-refractivity contribution is -0.0161. The van der Waals surface area contributed by atoms with Gasteiger partial charge in [-0.1, -0.05) is 11.6 Å². The average Bonchev–Trinajstić information content (AvgIpc) is 2.85. The Hall–Kier alpha value is -1.70. The molecule has 0 aliphatic carbocycles. The molecular weight excluding hydrogens is 276 g/mol. The molecule has 0 saturated carbocycles. The minimum atomic E-state index is -0.192. The van der Waals surface area contributed by atoms with Crippen LogP contribution in [0.25, 0.3) is 10.9 Å². The first-order valence-electron chi connectivity index (χ1n) is 6.39. The molecule has 0 atom stereocenters. The third-order valence-electron chi connectivity index (χ3n) is 2.74. The van der Waals surface area contributed by atoms with Crippen LogP contribution in [0.1, 0.15) is 26.3 Å². The van der Waals surface area contributed by atoms with Crippen molar-refractivity contribution in [2.75, 3.05) is 13.2 Å². The van der Waals surface area contributed by atoms with Gasteiger partial charge in [-0.05, 0) is 26.8 Å². The van der Waals surface area contributed by atoms with Crippen LogP contribution >= 0.6 is 11.6 Å². The molecule has 20 heavy (non-hydrogen) atoms. The lowest BCUT2D eigenvalue weighted by Gasteiger charge is -2.19. The highest BCUT2D eigenvalue weighted by molar-refractivity contribution is 6.36. The van der Waals surface area contributed by atoms with E-state index in [1.807, 2.05) is 26.8 Å². The number of aromatic amines is 1. The van der Waals surface area contributed by atoms with Crippen molar-refractivity contribution in [1.29, 1.82) is 5.26 Å². The van der Waals surface area contributed by atoms with E-state index in [0.29, 0.717) is 29.5 Å². The van der Waals surface area contributed by atoms with E-state index >= 15 is 0 Å². The summed E-state index contributed by atoms with van der Waals surface area (Å²) in [4.78, 5) is 3.08. The molecule has 0 spiro atoms. The second-order valence-corrected chi connectivity index (χ2v) is 5.80. The summed E-state index contributed by atoms with van der Waals surface area (Å²) in [7, 11) is 0. The largest absolute Gasteiger partial charge is 0.489 e. The summed E-state index contributed by atoms with van der Waals surface area (Å²) < 4.78 is 11.3. The van der Waals surface area contributed by atoms with Crippen LogP contribution in [0.2, 0.25) is 5.02 Å². The number of aromatic nitrogens is 1. The molecule has 0 unspecified atom stereocenters. The first-order valence-corrected chi connectivity index (χ1v) is 6.76. The van der Waals surface area contributed by atoms with Gasteiger partial charge in [0.25, 0.3) is 0 Å². The van der Waals surface area contributed by atoms with Crippen molar-refractivity contribution in [3.05, 3.63) is 28.9 Å². The Labute approximate surface area is 123 Å². The highest BCUT2D eigenvalue weighted by Gasteiger charge is 2.13. The van der Waals surface area contributed by atoms with E-state index < -0.39 is 0 Å². The standard InChI is InChI=1S/C15H17ClN2O2/c1-15(2,3)20-7-6-19-12-8-10(9-17)13(16)11-4-5-18-14(11)12/h4-5,8,18H,6-7H2,1-3H3. The molecule has 0 bridgehead atoms. The third kappa shape index (κ3) is 3.24. The first-order chi connectivity index (χ1) is 9.42. The van der Waals surface area contributed by atoms with Crippen LogP contribution in [0.3, 0.4) is 0 Å². The van der Waals surface area contributed by atoms with Crippen LogP contribution in [-0.2, 0) is 4.74 Å². The second-order valence-electron chi connectivity index (χ2n) is 5.42. The van der Waals surface area contributed by atoms with E-state index in [2.05, 4.69) is 11.1 Å². The molecule has 0 saturated heterocycles. The molecule has 5 heteroatoms. The number of H-pyrrole nitrogens is 1. The van der Waals surface area contributed by atoms with Crippen molar-refractivity contribution in [2.24, 2.45) is 0 Å². The monoisotopic (exact) mass is 292 g/mol. The van der Waals surface area contributed by atoms with E-state index in [1.54, 1.807) is 12.3 Å². The van der Waals surface area contributed by atoms with Gasteiger partial charge in [0.1, 0.15) is 18.4 Å². The Kier molecular flexibility index (Phi) is 4.22. The zero-order valence-corrected chi connectivity index (χ0v) is 12.5. The summed E-state index contributed by atoms with van der Waals surface area (Å²) in [6.45, 7) is 6.87. The Morgan fingerprint density at radius 1 is 1.35 bits per heavy atom. The van der Waals surface area contributed by atoms with Crippen LogP contribution in [0, 0.1) is 11.3 Å². The highest BCUT2D eigenvalue weighted by atomic mass is 35.5. The van der Waals surface area contributed by atoms with Gasteiger partial charge < -0.3 is 14.5 Å². The number of halogens is 1. The average molecular weight is 293 g/mol. The summed E-state index contributed by atoms with van der Waals surface area (Å²) in [6, 6.07) is 5.56. The molecule has 0 aliphatic heterocycles. The van der Waals surface area contributed by atoms with Crippen LogP contribution in [0.15, 0.2) is 18.3 Å². The quantitative estimate of drug-likeness (QED) is 0.870. The smallest absolute Gasteiger partial charge is 0.144 e. The molecule has 2 aromatic rings. The van der Waals surface area contributed by atoms with Crippen molar-refractivity contribution in [3.8, 4) is 11.8 Å². The molecule has 0 fully saturated rings. The third-order valence-corrected chi connectivity index (χ3v) is 3.15. The molecule has 4 nitrogen and oxygen atoms in total. The molecule has 2 rings (SSSR count). The summed E-state index contributed by atoms with van der Waals surface area (Å²) >= 11 is 6.15. The van der Waals surface area contributed by atoms with Gasteiger partial charge >= 0.3 is 0 Å². The predicted octanol–water partition coefficient (Wildman–Crippen LogP) is 3.89. The van der Waals surface area contributed by atoms with Gasteiger partial charge in [-0.3, -0.25) is 0 Å². The topological polar surface area (TPSA) is 58.0 Å². The van der Waals surface area contributed by atoms with E-state index in [9.17, 15) is 0 Å². The Morgan fingerprint density at radius 2 is 2.10 bits per heavy atom. The van der Waals surface area contributed by atoms with Gasteiger partial charge in [0.05, 0.1) is 28.3 Å². The molecule has 1 heterocycles. The molecule has 106 valence electrons. The Bertz CT molecular complexity index is 650. The lowest BCUT2D eigenvalue weighted by Crippen LogP contribution is -2.22. The number of hydrogen-bond acceptors (Lipinski definition) is 3. The van der Waals surface area contributed by atoms with Gasteiger partial charge in [-0.25, -0.2) is 0 Å². The van der Waals surface area contributed by atoms with Gasteiger partial charge in [0.2, 0.25) is 0 Å². The molecule has 0 aliphatic rings. The van der Waals surface area contributed by atoms with Crippen molar-refractivity contribution >= 4 is 22.5 Å². The van der Waals surface area contributed by atoms with Gasteiger partial charge in [0, 0.05) is 17.6 Å². The molecular formula is C15H17ClN2O2. The number of benzene rings is 1. The van der Waals surface area contributed by atoms with E-state index in [1.165, 1.54) is 0 Å². The number of hydrogen-bond donors (Lipinski definition) is 1. The number of nitriles is 1. The molecule has 0 radical (unpaired) electrons. The Balaban J connectivity index is 2.16. The number of fused-ring (bicyclic) bond motifs is 1. The Morgan fingerprint density at radius 3 is 2.75 bits per heavy atom. The molecule has 1 aromatic carbocycles. The zero-order chi connectivity index (χ0) is 14.8. The van der Waals surface area contributed by atoms with Crippen LogP contribution in [0.4, 0.5) is 0 Å². The molecule has 1 aromatic heterocycles.